The summed E-state index contributed by atoms with van der Waals surface area (Å²) in [4.78, 5) is 23.1. The van der Waals surface area contributed by atoms with Crippen molar-refractivity contribution in [1.29, 1.82) is 0 Å². The molecule has 0 saturated heterocycles. The van der Waals surface area contributed by atoms with Crippen molar-refractivity contribution in [3.05, 3.63) is 35.9 Å². The van der Waals surface area contributed by atoms with Crippen molar-refractivity contribution in [2.45, 2.75) is 37.8 Å². The van der Waals surface area contributed by atoms with Crippen LogP contribution in [0.3, 0.4) is 0 Å². The van der Waals surface area contributed by atoms with E-state index in [1.54, 1.807) is 0 Å². The molecule has 1 rings (SSSR count). The predicted octanol–water partition coefficient (Wildman–Crippen LogP) is 0.255. The Morgan fingerprint density at radius 2 is 1.86 bits per heavy atom. The summed E-state index contributed by atoms with van der Waals surface area (Å²) < 4.78 is 0. The molecule has 1 aromatic rings. The molecule has 2 atom stereocenters. The summed E-state index contributed by atoms with van der Waals surface area (Å²) in [6.07, 6.45) is 2.12. The van der Waals surface area contributed by atoms with Crippen LogP contribution in [-0.4, -0.2) is 35.6 Å². The predicted molar refractivity (Wildman–Crippen MR) is 80.6 cm³/mol. The molecule has 0 heterocycles. The molecule has 0 aliphatic rings. The summed E-state index contributed by atoms with van der Waals surface area (Å²) in [5, 5.41) is 11.6. The average molecular weight is 293 g/mol. The van der Waals surface area contributed by atoms with Crippen LogP contribution in [0.4, 0.5) is 0 Å². The van der Waals surface area contributed by atoms with E-state index < -0.39 is 24.0 Å². The zero-order valence-corrected chi connectivity index (χ0v) is 12.0. The normalized spacial score (nSPS) is 13.4. The van der Waals surface area contributed by atoms with E-state index in [0.29, 0.717) is 25.8 Å². The highest BCUT2D eigenvalue weighted by molar-refractivity contribution is 5.86. The monoisotopic (exact) mass is 293 g/mol. The molecule has 21 heavy (non-hydrogen) atoms. The molecule has 0 aromatic heterocycles. The molecule has 6 N–H and O–H groups in total. The minimum absolute atomic E-state index is 0.357. The molecule has 0 fully saturated rings. The van der Waals surface area contributed by atoms with E-state index >= 15 is 0 Å². The molecule has 0 unspecified atom stereocenters. The van der Waals surface area contributed by atoms with Gasteiger partial charge in [0, 0.05) is 0 Å². The van der Waals surface area contributed by atoms with Gasteiger partial charge >= 0.3 is 5.97 Å². The SMILES string of the molecule is NCCCC[C@@H](NC(=O)[C@@H](N)Cc1ccccc1)C(=O)O. The summed E-state index contributed by atoms with van der Waals surface area (Å²) >= 11 is 0. The Morgan fingerprint density at radius 3 is 2.43 bits per heavy atom. The number of carbonyl (C=O) groups excluding carboxylic acids is 1. The van der Waals surface area contributed by atoms with Crippen molar-refractivity contribution in [2.75, 3.05) is 6.54 Å². The first-order chi connectivity index (χ1) is 10.0. The maximum Gasteiger partial charge on any atom is 0.326 e. The van der Waals surface area contributed by atoms with Crippen molar-refractivity contribution in [2.24, 2.45) is 11.5 Å². The van der Waals surface area contributed by atoms with Crippen LogP contribution >= 0.6 is 0 Å². The summed E-state index contributed by atoms with van der Waals surface area (Å²) in [6, 6.07) is 7.70. The van der Waals surface area contributed by atoms with E-state index in [9.17, 15) is 9.59 Å². The molecule has 0 spiro atoms. The zero-order valence-electron chi connectivity index (χ0n) is 12.0. The Balaban J connectivity index is 2.50. The number of rotatable bonds is 9. The summed E-state index contributed by atoms with van der Waals surface area (Å²) in [7, 11) is 0. The van der Waals surface area contributed by atoms with Crippen LogP contribution in [-0.2, 0) is 16.0 Å². The van der Waals surface area contributed by atoms with E-state index in [0.717, 1.165) is 12.0 Å². The van der Waals surface area contributed by atoms with Crippen LogP contribution in [0.1, 0.15) is 24.8 Å². The van der Waals surface area contributed by atoms with Crippen molar-refractivity contribution >= 4 is 11.9 Å². The Hall–Kier alpha value is -1.92. The standard InChI is InChI=1S/C15H23N3O3/c16-9-5-4-8-13(15(20)21)18-14(19)12(17)10-11-6-2-1-3-7-11/h1-3,6-7,12-13H,4-5,8-10,16-17H2,(H,18,19)(H,20,21)/t12-,13+/m0/s1. The number of nitrogens with two attached hydrogens (primary N) is 2. The number of unbranched alkanes of at least 4 members (excludes halogenated alkanes) is 1. The number of carbonyl (C=O) groups is 2. The van der Waals surface area contributed by atoms with Gasteiger partial charge in [0.05, 0.1) is 6.04 Å². The molecule has 116 valence electrons. The summed E-state index contributed by atoms with van der Waals surface area (Å²) in [5.74, 6) is -1.49. The fourth-order valence-corrected chi connectivity index (χ4v) is 1.99. The second kappa shape index (κ2) is 9.10. The number of aliphatic carboxylic acids is 1. The molecular formula is C15H23N3O3. The van der Waals surface area contributed by atoms with E-state index in [2.05, 4.69) is 5.32 Å². The Labute approximate surface area is 124 Å². The van der Waals surface area contributed by atoms with Gasteiger partial charge in [-0.25, -0.2) is 4.79 Å². The molecule has 1 amide bonds. The minimum atomic E-state index is -1.05. The van der Waals surface area contributed by atoms with Gasteiger partial charge in [-0.3, -0.25) is 4.79 Å². The van der Waals surface area contributed by atoms with E-state index in [1.807, 2.05) is 30.3 Å². The van der Waals surface area contributed by atoms with Crippen LogP contribution in [0.5, 0.6) is 0 Å². The third-order valence-electron chi connectivity index (χ3n) is 3.20. The maximum atomic E-state index is 12.0. The van der Waals surface area contributed by atoms with Gasteiger partial charge in [0.15, 0.2) is 0 Å². The number of hydrogen-bond donors (Lipinski definition) is 4. The lowest BCUT2D eigenvalue weighted by Crippen LogP contribution is -2.49. The molecule has 0 aliphatic carbocycles. The van der Waals surface area contributed by atoms with Crippen molar-refractivity contribution in [3.8, 4) is 0 Å². The summed E-state index contributed by atoms with van der Waals surface area (Å²) in [6.45, 7) is 0.508. The number of nitrogens with one attached hydrogen (secondary N) is 1. The van der Waals surface area contributed by atoms with E-state index in [1.165, 1.54) is 0 Å². The topological polar surface area (TPSA) is 118 Å². The van der Waals surface area contributed by atoms with Crippen LogP contribution in [0.2, 0.25) is 0 Å². The largest absolute Gasteiger partial charge is 0.480 e. The molecule has 0 saturated carbocycles. The fraction of sp³-hybridized carbons (Fsp3) is 0.467. The highest BCUT2D eigenvalue weighted by Gasteiger charge is 2.22. The molecule has 0 aliphatic heterocycles. The number of benzene rings is 1. The molecule has 6 heteroatoms. The lowest BCUT2D eigenvalue weighted by molar-refractivity contribution is -0.142. The number of carboxylic acid groups (broad SMARTS) is 1. The van der Waals surface area contributed by atoms with Crippen LogP contribution in [0.15, 0.2) is 30.3 Å². The Bertz CT molecular complexity index is 451. The first kappa shape index (κ1) is 17.1. The van der Waals surface area contributed by atoms with Gasteiger partial charge in [0.1, 0.15) is 6.04 Å². The van der Waals surface area contributed by atoms with Crippen LogP contribution in [0.25, 0.3) is 0 Å². The van der Waals surface area contributed by atoms with Crippen LogP contribution < -0.4 is 16.8 Å². The average Bonchev–Trinajstić information content (AvgIpc) is 2.47. The lowest BCUT2D eigenvalue weighted by Gasteiger charge is -2.17. The van der Waals surface area contributed by atoms with Crippen molar-refractivity contribution in [3.63, 3.8) is 0 Å². The Kier molecular flexibility index (Phi) is 7.42. The molecule has 1 aromatic carbocycles. The van der Waals surface area contributed by atoms with Gasteiger partial charge in [-0.1, -0.05) is 30.3 Å². The quantitative estimate of drug-likeness (QED) is 0.487. The first-order valence-electron chi connectivity index (χ1n) is 7.07. The number of amides is 1. The van der Waals surface area contributed by atoms with Crippen molar-refractivity contribution < 1.29 is 14.7 Å². The second-order valence-corrected chi connectivity index (χ2v) is 4.98. The smallest absolute Gasteiger partial charge is 0.326 e. The van der Waals surface area contributed by atoms with E-state index in [-0.39, 0.29) is 0 Å². The van der Waals surface area contributed by atoms with Gasteiger partial charge in [-0.15, -0.1) is 0 Å². The number of hydrogen-bond acceptors (Lipinski definition) is 4. The molecule has 0 bridgehead atoms. The van der Waals surface area contributed by atoms with Crippen molar-refractivity contribution in [1.82, 2.24) is 5.32 Å². The Morgan fingerprint density at radius 1 is 1.19 bits per heavy atom. The van der Waals surface area contributed by atoms with Gasteiger partial charge in [0.2, 0.25) is 5.91 Å². The van der Waals surface area contributed by atoms with E-state index in [4.69, 9.17) is 16.6 Å². The maximum absolute atomic E-state index is 12.0. The highest BCUT2D eigenvalue weighted by Crippen LogP contribution is 2.04. The van der Waals surface area contributed by atoms with Gasteiger partial charge in [-0.05, 0) is 37.8 Å². The van der Waals surface area contributed by atoms with Gasteiger partial charge < -0.3 is 21.9 Å². The lowest BCUT2D eigenvalue weighted by atomic mass is 10.0. The summed E-state index contributed by atoms with van der Waals surface area (Å²) in [5.41, 5.74) is 12.1. The molecule has 0 radical (unpaired) electrons. The molecule has 6 nitrogen and oxygen atoms in total. The molecular weight excluding hydrogens is 270 g/mol. The highest BCUT2D eigenvalue weighted by atomic mass is 16.4. The minimum Gasteiger partial charge on any atom is -0.480 e. The van der Waals surface area contributed by atoms with Gasteiger partial charge in [0.25, 0.3) is 0 Å². The van der Waals surface area contributed by atoms with Crippen LogP contribution in [0, 0.1) is 0 Å². The third-order valence-corrected chi connectivity index (χ3v) is 3.20. The zero-order chi connectivity index (χ0) is 15.7. The number of carboxylic acids is 1. The third kappa shape index (κ3) is 6.37. The fourth-order valence-electron chi connectivity index (χ4n) is 1.99. The second-order valence-electron chi connectivity index (χ2n) is 4.98. The first-order valence-corrected chi connectivity index (χ1v) is 7.07. The van der Waals surface area contributed by atoms with Gasteiger partial charge in [-0.2, -0.15) is 0 Å².